The van der Waals surface area contributed by atoms with Crippen LogP contribution in [0, 0.1) is 0 Å². The Morgan fingerprint density at radius 1 is 1.05 bits per heavy atom. The highest BCUT2D eigenvalue weighted by molar-refractivity contribution is 7.90. The molecular formula is C30H32Cl2N4O5S. The highest BCUT2D eigenvalue weighted by Crippen LogP contribution is 2.34. The molecule has 1 aromatic heterocycles. The number of rotatable bonds is 9. The van der Waals surface area contributed by atoms with Gasteiger partial charge in [-0.15, -0.1) is 0 Å². The van der Waals surface area contributed by atoms with Crippen molar-refractivity contribution in [1.29, 1.82) is 0 Å². The summed E-state index contributed by atoms with van der Waals surface area (Å²) in [7, 11) is 2.57. The maximum absolute atomic E-state index is 12.9. The van der Waals surface area contributed by atoms with Crippen LogP contribution in [0.5, 0.6) is 5.75 Å². The van der Waals surface area contributed by atoms with Gasteiger partial charge in [-0.25, -0.2) is 17.9 Å². The quantitative estimate of drug-likeness (QED) is 0.257. The zero-order valence-electron chi connectivity index (χ0n) is 23.9. The smallest absolute Gasteiger partial charge is 0.317 e. The van der Waals surface area contributed by atoms with Crippen molar-refractivity contribution in [3.63, 3.8) is 0 Å². The number of methoxy groups -OCH3 is 1. The van der Waals surface area contributed by atoms with E-state index in [1.54, 1.807) is 26.2 Å². The van der Waals surface area contributed by atoms with Crippen molar-refractivity contribution in [1.82, 2.24) is 19.5 Å². The van der Waals surface area contributed by atoms with Crippen molar-refractivity contribution in [2.45, 2.75) is 30.7 Å². The maximum atomic E-state index is 12.9. The highest BCUT2D eigenvalue weighted by atomic mass is 35.5. The van der Waals surface area contributed by atoms with E-state index in [0.717, 1.165) is 27.6 Å². The second-order valence-corrected chi connectivity index (χ2v) is 12.6. The molecule has 0 aliphatic heterocycles. The third-order valence-electron chi connectivity index (χ3n) is 6.88. The fraction of sp³-hybridized carbons (Fsp3) is 0.267. The van der Waals surface area contributed by atoms with Crippen LogP contribution in [0.25, 0.3) is 10.9 Å². The minimum atomic E-state index is -4.19. The van der Waals surface area contributed by atoms with Crippen molar-refractivity contribution >= 4 is 56.1 Å². The highest BCUT2D eigenvalue weighted by Gasteiger charge is 2.23. The summed E-state index contributed by atoms with van der Waals surface area (Å²) in [4.78, 5) is 26.3. The van der Waals surface area contributed by atoms with Gasteiger partial charge in [0.25, 0.3) is 15.9 Å². The summed E-state index contributed by atoms with van der Waals surface area (Å²) in [6, 6.07) is 16.5. The molecule has 2 N–H and O–H groups in total. The zero-order valence-corrected chi connectivity index (χ0v) is 26.2. The Hall–Kier alpha value is -3.73. The molecule has 3 aromatic carbocycles. The van der Waals surface area contributed by atoms with E-state index in [-0.39, 0.29) is 27.6 Å². The molecule has 0 fully saturated rings. The number of nitrogens with one attached hydrogen (secondary N) is 2. The van der Waals surface area contributed by atoms with Gasteiger partial charge in [-0.2, -0.15) is 0 Å². The summed E-state index contributed by atoms with van der Waals surface area (Å²) in [5.74, 6) is -0.412. The number of fused-ring (bicyclic) bond motifs is 1. The fourth-order valence-electron chi connectivity index (χ4n) is 4.70. The number of aromatic nitrogens is 1. The number of benzene rings is 3. The molecule has 1 unspecified atom stereocenters. The molecule has 0 saturated heterocycles. The number of sulfonamides is 1. The van der Waals surface area contributed by atoms with E-state index in [4.69, 9.17) is 27.9 Å². The molecule has 4 aromatic rings. The molecule has 0 aliphatic carbocycles. The fourth-order valence-corrected chi connectivity index (χ4v) is 6.45. The van der Waals surface area contributed by atoms with E-state index in [2.05, 4.69) is 16.1 Å². The zero-order chi connectivity index (χ0) is 30.8. The Kier molecular flexibility index (Phi) is 9.40. The van der Waals surface area contributed by atoms with Crippen LogP contribution in [0.3, 0.4) is 0 Å². The van der Waals surface area contributed by atoms with E-state index in [0.29, 0.717) is 23.7 Å². The lowest BCUT2D eigenvalue weighted by Crippen LogP contribution is -2.40. The SMILES string of the molecule is COc1cc(C(=O)NS(=O)(=O)c2ccccc2Cl)ccc1Cc1c(Cl)n(C)c2ccc(CC(C)NC(=O)N(C)C)cc12. The number of hydrogen-bond acceptors (Lipinski definition) is 5. The molecule has 0 saturated carbocycles. The number of urea groups is 1. The van der Waals surface area contributed by atoms with Gasteiger partial charge < -0.3 is 19.5 Å². The van der Waals surface area contributed by atoms with E-state index in [9.17, 15) is 18.0 Å². The molecule has 4 rings (SSSR count). The summed E-state index contributed by atoms with van der Waals surface area (Å²) in [5.41, 5.74) is 3.72. The summed E-state index contributed by atoms with van der Waals surface area (Å²) >= 11 is 12.8. The van der Waals surface area contributed by atoms with Crippen LogP contribution in [0.2, 0.25) is 10.2 Å². The molecule has 42 heavy (non-hydrogen) atoms. The number of nitrogens with zero attached hydrogens (tertiary/aromatic N) is 2. The number of hydrogen-bond donors (Lipinski definition) is 2. The van der Waals surface area contributed by atoms with Crippen LogP contribution >= 0.6 is 23.2 Å². The number of carbonyl (C=O) groups is 2. The van der Waals surface area contributed by atoms with Gasteiger partial charge in [0.1, 0.15) is 15.8 Å². The Labute approximate surface area is 255 Å². The van der Waals surface area contributed by atoms with Gasteiger partial charge in [-0.05, 0) is 60.9 Å². The summed E-state index contributed by atoms with van der Waals surface area (Å²) < 4.78 is 35.1. The molecule has 12 heteroatoms. The van der Waals surface area contributed by atoms with Crippen LogP contribution < -0.4 is 14.8 Å². The third kappa shape index (κ3) is 6.67. The molecule has 0 bridgehead atoms. The van der Waals surface area contributed by atoms with E-state index in [1.807, 2.05) is 30.7 Å². The topological polar surface area (TPSA) is 110 Å². The largest absolute Gasteiger partial charge is 0.496 e. The normalized spacial score (nSPS) is 12.2. The van der Waals surface area contributed by atoms with Gasteiger partial charge >= 0.3 is 6.03 Å². The molecule has 9 nitrogen and oxygen atoms in total. The minimum Gasteiger partial charge on any atom is -0.496 e. The van der Waals surface area contributed by atoms with Crippen molar-refractivity contribution in [3.8, 4) is 5.75 Å². The maximum Gasteiger partial charge on any atom is 0.317 e. The monoisotopic (exact) mass is 630 g/mol. The van der Waals surface area contributed by atoms with Crippen molar-refractivity contribution in [2.24, 2.45) is 7.05 Å². The summed E-state index contributed by atoms with van der Waals surface area (Å²) in [5, 5.41) is 4.49. The number of carbonyl (C=O) groups excluding carboxylic acids is 2. The Balaban J connectivity index is 1.60. The van der Waals surface area contributed by atoms with Crippen molar-refractivity contribution < 1.29 is 22.7 Å². The number of aryl methyl sites for hydroxylation is 1. The average Bonchev–Trinajstić information content (AvgIpc) is 3.17. The first-order valence-corrected chi connectivity index (χ1v) is 15.3. The van der Waals surface area contributed by atoms with E-state index < -0.39 is 15.9 Å². The van der Waals surface area contributed by atoms with Gasteiger partial charge in [0.15, 0.2) is 0 Å². The minimum absolute atomic E-state index is 0.00799. The van der Waals surface area contributed by atoms with Crippen LogP contribution in [-0.4, -0.2) is 57.1 Å². The summed E-state index contributed by atoms with van der Waals surface area (Å²) in [6.07, 6.45) is 1.03. The molecular weight excluding hydrogens is 599 g/mol. The predicted octanol–water partition coefficient (Wildman–Crippen LogP) is 5.41. The van der Waals surface area contributed by atoms with Gasteiger partial charge in [0, 0.05) is 55.6 Å². The van der Waals surface area contributed by atoms with E-state index >= 15 is 0 Å². The summed E-state index contributed by atoms with van der Waals surface area (Å²) in [6.45, 7) is 1.95. The lowest BCUT2D eigenvalue weighted by atomic mass is 9.99. The van der Waals surface area contributed by atoms with Gasteiger partial charge in [-0.1, -0.05) is 47.5 Å². The van der Waals surface area contributed by atoms with E-state index in [1.165, 1.54) is 42.3 Å². The van der Waals surface area contributed by atoms with Crippen LogP contribution in [0.1, 0.15) is 34.0 Å². The van der Waals surface area contributed by atoms with Gasteiger partial charge in [0.05, 0.1) is 12.1 Å². The standard InChI is InChI=1S/C30H32Cl2N4O5S/c1-18(33-30(38)35(2)3)14-19-10-13-25-22(15-19)23(28(32)36(25)4)16-20-11-12-21(17-26(20)41-5)29(37)34-42(39,40)27-9-7-6-8-24(27)31/h6-13,15,17-18H,14,16H2,1-5H3,(H,33,38)(H,34,37). The van der Waals surface area contributed by atoms with Crippen molar-refractivity contribution in [2.75, 3.05) is 21.2 Å². The second-order valence-electron chi connectivity index (χ2n) is 10.2. The molecule has 0 radical (unpaired) electrons. The van der Waals surface area contributed by atoms with Crippen molar-refractivity contribution in [3.05, 3.63) is 93.1 Å². The molecule has 0 spiro atoms. The van der Waals surface area contributed by atoms with Crippen LogP contribution in [0.15, 0.2) is 65.6 Å². The number of halogens is 2. The molecule has 1 heterocycles. The number of amides is 3. The second kappa shape index (κ2) is 12.6. The first-order valence-electron chi connectivity index (χ1n) is 13.0. The molecule has 0 aliphatic rings. The third-order valence-corrected chi connectivity index (χ3v) is 9.19. The first kappa shape index (κ1) is 31.2. The average molecular weight is 632 g/mol. The molecule has 3 amide bonds. The Morgan fingerprint density at radius 3 is 2.43 bits per heavy atom. The molecule has 222 valence electrons. The molecule has 1 atom stereocenters. The van der Waals surface area contributed by atoms with Crippen LogP contribution in [0.4, 0.5) is 4.79 Å². The van der Waals surface area contributed by atoms with Gasteiger partial charge in [-0.3, -0.25) is 4.79 Å². The lowest BCUT2D eigenvalue weighted by molar-refractivity contribution is 0.0981. The van der Waals surface area contributed by atoms with Gasteiger partial charge in [0.2, 0.25) is 0 Å². The Bertz CT molecular complexity index is 1770. The Morgan fingerprint density at radius 2 is 1.76 bits per heavy atom. The predicted molar refractivity (Wildman–Crippen MR) is 165 cm³/mol. The van der Waals surface area contributed by atoms with Crippen LogP contribution in [-0.2, 0) is 29.9 Å². The first-order chi connectivity index (χ1) is 19.8. The number of ether oxygens (including phenoxy) is 1. The lowest BCUT2D eigenvalue weighted by Gasteiger charge is -2.18.